The first kappa shape index (κ1) is 22.5. The summed E-state index contributed by atoms with van der Waals surface area (Å²) in [7, 11) is -2.03. The highest BCUT2D eigenvalue weighted by atomic mass is 31.2. The lowest BCUT2D eigenvalue weighted by Gasteiger charge is -2.30. The number of hydrogen-bond acceptors (Lipinski definition) is 7. The van der Waals surface area contributed by atoms with Gasteiger partial charge in [0.25, 0.3) is 0 Å². The quantitative estimate of drug-likeness (QED) is 0.331. The smallest absolute Gasteiger partial charge is 0.405 e. The molecule has 0 amide bonds. The van der Waals surface area contributed by atoms with Crippen LogP contribution in [-0.4, -0.2) is 70.1 Å². The molecule has 0 bridgehead atoms. The van der Waals surface area contributed by atoms with Crippen molar-refractivity contribution in [3.63, 3.8) is 0 Å². The van der Waals surface area contributed by atoms with Gasteiger partial charge in [-0.2, -0.15) is 0 Å². The monoisotopic (exact) mass is 380 g/mol. The minimum absolute atomic E-state index is 0.106. The van der Waals surface area contributed by atoms with Crippen molar-refractivity contribution >= 4 is 13.7 Å². The predicted octanol–water partition coefficient (Wildman–Crippen LogP) is 2.05. The Kier molecular flexibility index (Phi) is 9.56. The molecule has 0 aromatic carbocycles. The molecule has 1 heterocycles. The Labute approximate surface area is 151 Å². The number of nitrogens with zero attached hydrogens (tertiary/aromatic N) is 1. The zero-order valence-electron chi connectivity index (χ0n) is 16.1. The molecule has 0 spiro atoms. The average Bonchev–Trinajstić information content (AvgIpc) is 2.57. The zero-order chi connectivity index (χ0) is 18.9. The molecule has 1 aliphatic rings. The topological polar surface area (TPSA) is 86.3 Å². The van der Waals surface area contributed by atoms with Crippen LogP contribution in [0.25, 0.3) is 0 Å². The van der Waals surface area contributed by atoms with Gasteiger partial charge in [-0.05, 0) is 40.7 Å². The van der Waals surface area contributed by atoms with Crippen molar-refractivity contribution in [2.75, 3.05) is 53.1 Å². The summed E-state index contributed by atoms with van der Waals surface area (Å²) < 4.78 is 33.0. The SMILES string of the molecule is COP(=O)(NCCOC(=O)C(C)(C)CCN1CCOCC1)OC(C)C. The van der Waals surface area contributed by atoms with E-state index in [1.165, 1.54) is 7.11 Å². The summed E-state index contributed by atoms with van der Waals surface area (Å²) in [5, 5.41) is 2.68. The molecule has 1 rings (SSSR count). The molecule has 1 unspecified atom stereocenters. The standard InChI is InChI=1S/C16H33N2O6P/c1-14(2)24-25(20,21-5)17-7-11-23-15(19)16(3,4)6-8-18-9-12-22-13-10-18/h14H,6-13H2,1-5H3,(H,17,20). The van der Waals surface area contributed by atoms with E-state index in [0.29, 0.717) is 6.42 Å². The second kappa shape index (κ2) is 10.6. The van der Waals surface area contributed by atoms with Gasteiger partial charge < -0.3 is 14.0 Å². The second-order valence-electron chi connectivity index (χ2n) is 6.97. The molecule has 1 atom stereocenters. The minimum Gasteiger partial charge on any atom is -0.464 e. The summed E-state index contributed by atoms with van der Waals surface area (Å²) in [4.78, 5) is 14.6. The van der Waals surface area contributed by atoms with Gasteiger partial charge in [-0.15, -0.1) is 0 Å². The van der Waals surface area contributed by atoms with E-state index in [1.54, 1.807) is 13.8 Å². The Morgan fingerprint density at radius 1 is 1.32 bits per heavy atom. The maximum atomic E-state index is 12.3. The Hall–Kier alpha value is -0.500. The lowest BCUT2D eigenvalue weighted by molar-refractivity contribution is -0.154. The maximum Gasteiger partial charge on any atom is 0.405 e. The van der Waals surface area contributed by atoms with E-state index < -0.39 is 13.2 Å². The Bertz CT molecular complexity index is 452. The van der Waals surface area contributed by atoms with Crippen molar-refractivity contribution in [2.24, 2.45) is 5.41 Å². The number of nitrogens with one attached hydrogen (secondary N) is 1. The van der Waals surface area contributed by atoms with Crippen LogP contribution < -0.4 is 5.09 Å². The molecule has 0 saturated carbocycles. The number of carbonyl (C=O) groups is 1. The van der Waals surface area contributed by atoms with Crippen molar-refractivity contribution in [3.05, 3.63) is 0 Å². The summed E-state index contributed by atoms with van der Waals surface area (Å²) in [6.07, 6.45) is 0.478. The maximum absolute atomic E-state index is 12.3. The summed E-state index contributed by atoms with van der Waals surface area (Å²) in [6.45, 7) is 11.7. The van der Waals surface area contributed by atoms with Crippen molar-refractivity contribution < 1.29 is 27.9 Å². The molecule has 1 fully saturated rings. The summed E-state index contributed by atoms with van der Waals surface area (Å²) in [5.41, 5.74) is -0.572. The molecular formula is C16H33N2O6P. The molecule has 8 nitrogen and oxygen atoms in total. The van der Waals surface area contributed by atoms with Crippen LogP contribution in [0.3, 0.4) is 0 Å². The molecule has 1 saturated heterocycles. The first-order valence-electron chi connectivity index (χ1n) is 8.75. The largest absolute Gasteiger partial charge is 0.464 e. The average molecular weight is 380 g/mol. The molecule has 9 heteroatoms. The molecular weight excluding hydrogens is 347 g/mol. The van der Waals surface area contributed by atoms with Gasteiger partial charge in [-0.3, -0.25) is 14.2 Å². The first-order valence-corrected chi connectivity index (χ1v) is 10.3. The van der Waals surface area contributed by atoms with Crippen LogP contribution in [0.4, 0.5) is 0 Å². The van der Waals surface area contributed by atoms with E-state index in [9.17, 15) is 9.36 Å². The van der Waals surface area contributed by atoms with Gasteiger partial charge in [0.05, 0.1) is 24.7 Å². The zero-order valence-corrected chi connectivity index (χ0v) is 17.0. The van der Waals surface area contributed by atoms with Crippen molar-refractivity contribution in [1.29, 1.82) is 0 Å². The van der Waals surface area contributed by atoms with Crippen LogP contribution in [0.1, 0.15) is 34.1 Å². The van der Waals surface area contributed by atoms with E-state index in [4.69, 9.17) is 18.5 Å². The van der Waals surface area contributed by atoms with Crippen molar-refractivity contribution in [3.8, 4) is 0 Å². The third-order valence-corrected chi connectivity index (χ3v) is 5.73. The number of ether oxygens (including phenoxy) is 2. The molecule has 25 heavy (non-hydrogen) atoms. The van der Waals surface area contributed by atoms with Crippen LogP contribution in [0.5, 0.6) is 0 Å². The Balaban J connectivity index is 2.30. The number of rotatable bonds is 11. The fraction of sp³-hybridized carbons (Fsp3) is 0.938. The molecule has 0 radical (unpaired) electrons. The van der Waals surface area contributed by atoms with Gasteiger partial charge in [-0.1, -0.05) is 0 Å². The lowest BCUT2D eigenvalue weighted by Crippen LogP contribution is -2.40. The first-order chi connectivity index (χ1) is 11.7. The Morgan fingerprint density at radius 3 is 2.52 bits per heavy atom. The lowest BCUT2D eigenvalue weighted by atomic mass is 9.89. The number of hydrogen-bond donors (Lipinski definition) is 1. The second-order valence-corrected chi connectivity index (χ2v) is 8.85. The van der Waals surface area contributed by atoms with E-state index in [-0.39, 0.29) is 25.2 Å². The minimum atomic E-state index is -3.35. The normalized spacial score (nSPS) is 19.0. The highest BCUT2D eigenvalue weighted by molar-refractivity contribution is 7.51. The van der Waals surface area contributed by atoms with Crippen LogP contribution in [0.2, 0.25) is 0 Å². The summed E-state index contributed by atoms with van der Waals surface area (Å²) >= 11 is 0. The van der Waals surface area contributed by atoms with Gasteiger partial charge in [0, 0.05) is 26.7 Å². The van der Waals surface area contributed by atoms with Gasteiger partial charge in [0.1, 0.15) is 6.61 Å². The van der Waals surface area contributed by atoms with Gasteiger partial charge >= 0.3 is 13.7 Å². The van der Waals surface area contributed by atoms with Gasteiger partial charge in [0.15, 0.2) is 0 Å². The van der Waals surface area contributed by atoms with Gasteiger partial charge in [0.2, 0.25) is 0 Å². The van der Waals surface area contributed by atoms with Crippen LogP contribution in [0.15, 0.2) is 0 Å². The highest BCUT2D eigenvalue weighted by Gasteiger charge is 2.30. The van der Waals surface area contributed by atoms with Crippen LogP contribution in [0, 0.1) is 5.41 Å². The highest BCUT2D eigenvalue weighted by Crippen LogP contribution is 2.43. The molecule has 148 valence electrons. The third kappa shape index (κ3) is 8.62. The fourth-order valence-electron chi connectivity index (χ4n) is 2.31. The van der Waals surface area contributed by atoms with Crippen molar-refractivity contribution in [2.45, 2.75) is 40.2 Å². The number of esters is 1. The van der Waals surface area contributed by atoms with Crippen molar-refractivity contribution in [1.82, 2.24) is 9.99 Å². The Morgan fingerprint density at radius 2 is 1.96 bits per heavy atom. The fourth-order valence-corrected chi connectivity index (χ4v) is 3.52. The van der Waals surface area contributed by atoms with Gasteiger partial charge in [-0.25, -0.2) is 9.65 Å². The number of morpholine rings is 1. The predicted molar refractivity (Wildman–Crippen MR) is 95.5 cm³/mol. The molecule has 0 aliphatic carbocycles. The van der Waals surface area contributed by atoms with Crippen LogP contribution in [-0.2, 0) is 27.9 Å². The summed E-state index contributed by atoms with van der Waals surface area (Å²) in [5.74, 6) is -0.264. The molecule has 1 aliphatic heterocycles. The molecule has 0 aromatic rings. The molecule has 1 N–H and O–H groups in total. The van der Waals surface area contributed by atoms with E-state index in [0.717, 1.165) is 32.8 Å². The van der Waals surface area contributed by atoms with E-state index in [1.807, 2.05) is 13.8 Å². The third-order valence-electron chi connectivity index (χ3n) is 3.94. The summed E-state index contributed by atoms with van der Waals surface area (Å²) in [6, 6.07) is 0. The van der Waals surface area contributed by atoms with Crippen LogP contribution >= 0.6 is 7.75 Å². The van der Waals surface area contributed by atoms with E-state index >= 15 is 0 Å². The number of carbonyl (C=O) groups excluding carboxylic acids is 1. The molecule has 0 aromatic heterocycles. The van der Waals surface area contributed by atoms with E-state index in [2.05, 4.69) is 9.99 Å².